The second-order valence-electron chi connectivity index (χ2n) is 6.39. The fourth-order valence-electron chi connectivity index (χ4n) is 3.84. The van der Waals surface area contributed by atoms with E-state index < -0.39 is 10.0 Å². The fourth-order valence-corrected chi connectivity index (χ4v) is 5.65. The monoisotopic (exact) mass is 344 g/mol. The van der Waals surface area contributed by atoms with E-state index in [1.165, 1.54) is 0 Å². The van der Waals surface area contributed by atoms with Gasteiger partial charge in [-0.05, 0) is 43.5 Å². The van der Waals surface area contributed by atoms with Gasteiger partial charge in [0.15, 0.2) is 0 Å². The number of benzene rings is 1. The first-order valence-electron chi connectivity index (χ1n) is 8.19. The van der Waals surface area contributed by atoms with Crippen LogP contribution in [0, 0.1) is 6.92 Å². The van der Waals surface area contributed by atoms with Gasteiger partial charge in [0.2, 0.25) is 16.0 Å². The van der Waals surface area contributed by atoms with E-state index in [0.29, 0.717) is 17.4 Å². The maximum Gasteiger partial charge on any atom is 0.243 e. The molecule has 2 saturated heterocycles. The molecular formula is C17H20N4O2S. The number of anilines is 1. The van der Waals surface area contributed by atoms with E-state index in [4.69, 9.17) is 0 Å². The van der Waals surface area contributed by atoms with Gasteiger partial charge in [-0.15, -0.1) is 0 Å². The normalized spacial score (nSPS) is 24.3. The molecule has 1 aromatic carbocycles. The van der Waals surface area contributed by atoms with Crippen molar-refractivity contribution in [1.82, 2.24) is 14.3 Å². The number of hydrogen-bond donors (Lipinski definition) is 0. The highest BCUT2D eigenvalue weighted by atomic mass is 32.2. The van der Waals surface area contributed by atoms with Gasteiger partial charge in [-0.2, -0.15) is 4.31 Å². The minimum Gasteiger partial charge on any atom is -0.336 e. The van der Waals surface area contributed by atoms with Gasteiger partial charge in [0.25, 0.3) is 0 Å². The summed E-state index contributed by atoms with van der Waals surface area (Å²) in [5.74, 6) is 0.694. The Bertz CT molecular complexity index is 841. The van der Waals surface area contributed by atoms with Crippen molar-refractivity contribution in [2.24, 2.45) is 0 Å². The number of aryl methyl sites for hydroxylation is 1. The van der Waals surface area contributed by atoms with Crippen molar-refractivity contribution in [2.75, 3.05) is 18.0 Å². The number of sulfonamides is 1. The third-order valence-electron chi connectivity index (χ3n) is 4.93. The van der Waals surface area contributed by atoms with Crippen LogP contribution in [0.5, 0.6) is 0 Å². The second kappa shape index (κ2) is 5.82. The maximum absolute atomic E-state index is 13.0. The molecule has 2 atom stereocenters. The quantitative estimate of drug-likeness (QED) is 0.850. The zero-order valence-corrected chi connectivity index (χ0v) is 14.4. The number of aromatic nitrogens is 2. The molecule has 126 valence electrons. The molecule has 0 bridgehead atoms. The van der Waals surface area contributed by atoms with Gasteiger partial charge in [0, 0.05) is 37.6 Å². The smallest absolute Gasteiger partial charge is 0.243 e. The molecule has 0 amide bonds. The molecule has 2 fully saturated rings. The van der Waals surface area contributed by atoms with Crippen molar-refractivity contribution in [3.8, 4) is 0 Å². The number of hydrogen-bond acceptors (Lipinski definition) is 5. The minimum atomic E-state index is -3.46. The Morgan fingerprint density at radius 1 is 1.04 bits per heavy atom. The molecule has 2 aromatic rings. The first kappa shape index (κ1) is 15.5. The first-order valence-corrected chi connectivity index (χ1v) is 9.63. The SMILES string of the molecule is Cc1cccc(S(=O)(=O)N2CC[C@@H]3[C@@H]2CCN3c2ncccn2)c1. The average molecular weight is 344 g/mol. The standard InChI is InChI=1S/C17H20N4O2S/c1-13-4-2-5-14(12-13)24(22,23)21-11-7-15-16(21)6-10-20(15)17-18-8-3-9-19-17/h2-5,8-9,12,15-16H,6-7,10-11H2,1H3/t15-,16+/m1/s1. The van der Waals surface area contributed by atoms with Crippen molar-refractivity contribution in [2.45, 2.75) is 36.7 Å². The van der Waals surface area contributed by atoms with Crippen LogP contribution in [-0.2, 0) is 10.0 Å². The summed E-state index contributed by atoms with van der Waals surface area (Å²) in [6, 6.07) is 9.09. The molecule has 7 heteroatoms. The summed E-state index contributed by atoms with van der Waals surface area (Å²) in [6.45, 7) is 3.25. The van der Waals surface area contributed by atoms with Gasteiger partial charge in [-0.1, -0.05) is 12.1 Å². The minimum absolute atomic E-state index is 0.000631. The van der Waals surface area contributed by atoms with E-state index in [0.717, 1.165) is 24.9 Å². The fraction of sp³-hybridized carbons (Fsp3) is 0.412. The van der Waals surface area contributed by atoms with Gasteiger partial charge in [0.1, 0.15) is 0 Å². The topological polar surface area (TPSA) is 66.4 Å². The Balaban J connectivity index is 1.62. The van der Waals surface area contributed by atoms with Gasteiger partial charge < -0.3 is 4.90 Å². The third kappa shape index (κ3) is 2.48. The first-order chi connectivity index (χ1) is 11.6. The lowest BCUT2D eigenvalue weighted by Crippen LogP contribution is -2.40. The summed E-state index contributed by atoms with van der Waals surface area (Å²) in [5.41, 5.74) is 0.956. The van der Waals surface area contributed by atoms with Gasteiger partial charge in [-0.3, -0.25) is 0 Å². The van der Waals surface area contributed by atoms with Crippen molar-refractivity contribution < 1.29 is 8.42 Å². The van der Waals surface area contributed by atoms with Crippen molar-refractivity contribution in [1.29, 1.82) is 0 Å². The molecule has 24 heavy (non-hydrogen) atoms. The molecule has 6 nitrogen and oxygen atoms in total. The van der Waals surface area contributed by atoms with E-state index in [1.54, 1.807) is 41.0 Å². The summed E-state index contributed by atoms with van der Waals surface area (Å²) in [5, 5.41) is 0. The van der Waals surface area contributed by atoms with E-state index in [9.17, 15) is 8.42 Å². The van der Waals surface area contributed by atoms with Gasteiger partial charge >= 0.3 is 0 Å². The largest absolute Gasteiger partial charge is 0.336 e. The molecule has 0 radical (unpaired) electrons. The lowest BCUT2D eigenvalue weighted by atomic mass is 10.1. The molecule has 4 rings (SSSR count). The van der Waals surface area contributed by atoms with Crippen LogP contribution >= 0.6 is 0 Å². The zero-order valence-electron chi connectivity index (χ0n) is 13.5. The molecule has 0 spiro atoms. The van der Waals surface area contributed by atoms with Crippen LogP contribution in [0.1, 0.15) is 18.4 Å². The average Bonchev–Trinajstić information content (AvgIpc) is 3.17. The lowest BCUT2D eigenvalue weighted by molar-refractivity contribution is 0.388. The molecule has 3 heterocycles. The van der Waals surface area contributed by atoms with E-state index in [-0.39, 0.29) is 12.1 Å². The lowest BCUT2D eigenvalue weighted by Gasteiger charge is -2.25. The maximum atomic E-state index is 13.0. The van der Waals surface area contributed by atoms with Crippen LogP contribution in [0.25, 0.3) is 0 Å². The predicted molar refractivity (Wildman–Crippen MR) is 91.3 cm³/mol. The van der Waals surface area contributed by atoms with Crippen LogP contribution in [0.2, 0.25) is 0 Å². The summed E-state index contributed by atoms with van der Waals surface area (Å²) in [7, 11) is -3.46. The van der Waals surface area contributed by atoms with Crippen LogP contribution in [-0.4, -0.2) is 47.9 Å². The molecule has 0 saturated carbocycles. The van der Waals surface area contributed by atoms with Crippen molar-refractivity contribution in [3.05, 3.63) is 48.3 Å². The number of rotatable bonds is 3. The highest BCUT2D eigenvalue weighted by Crippen LogP contribution is 2.36. The number of nitrogens with zero attached hydrogens (tertiary/aromatic N) is 4. The van der Waals surface area contributed by atoms with Crippen molar-refractivity contribution >= 4 is 16.0 Å². The molecule has 2 aliphatic heterocycles. The highest BCUT2D eigenvalue weighted by Gasteiger charge is 2.48. The molecule has 1 aromatic heterocycles. The molecule has 0 N–H and O–H groups in total. The Kier molecular flexibility index (Phi) is 3.77. The van der Waals surface area contributed by atoms with E-state index >= 15 is 0 Å². The summed E-state index contributed by atoms with van der Waals surface area (Å²) in [6.07, 6.45) is 5.08. The summed E-state index contributed by atoms with van der Waals surface area (Å²) >= 11 is 0. The van der Waals surface area contributed by atoms with Crippen molar-refractivity contribution in [3.63, 3.8) is 0 Å². The second-order valence-corrected chi connectivity index (χ2v) is 8.28. The number of fused-ring (bicyclic) bond motifs is 1. The predicted octanol–water partition coefficient (Wildman–Crippen LogP) is 1.83. The van der Waals surface area contributed by atoms with Crippen LogP contribution in [0.15, 0.2) is 47.6 Å². The summed E-state index contributed by atoms with van der Waals surface area (Å²) < 4.78 is 27.8. The Hall–Kier alpha value is -1.99. The Labute approximate surface area is 142 Å². The summed E-state index contributed by atoms with van der Waals surface area (Å²) in [4.78, 5) is 11.2. The van der Waals surface area contributed by atoms with Gasteiger partial charge in [-0.25, -0.2) is 18.4 Å². The van der Waals surface area contributed by atoms with Crippen LogP contribution in [0.4, 0.5) is 5.95 Å². The highest BCUT2D eigenvalue weighted by molar-refractivity contribution is 7.89. The molecular weight excluding hydrogens is 324 g/mol. The van der Waals surface area contributed by atoms with Gasteiger partial charge in [0.05, 0.1) is 4.90 Å². The van der Waals surface area contributed by atoms with Crippen LogP contribution < -0.4 is 4.90 Å². The molecule has 2 aliphatic rings. The van der Waals surface area contributed by atoms with E-state index in [2.05, 4.69) is 14.9 Å². The van der Waals surface area contributed by atoms with Crippen LogP contribution in [0.3, 0.4) is 0 Å². The Morgan fingerprint density at radius 2 is 1.79 bits per heavy atom. The Morgan fingerprint density at radius 3 is 2.54 bits per heavy atom. The third-order valence-corrected chi connectivity index (χ3v) is 6.85. The van der Waals surface area contributed by atoms with E-state index in [1.807, 2.05) is 13.0 Å². The molecule has 0 aliphatic carbocycles. The zero-order chi connectivity index (χ0) is 16.7. The molecule has 0 unspecified atom stereocenters.